The fourth-order valence-electron chi connectivity index (χ4n) is 3.99. The van der Waals surface area contributed by atoms with E-state index in [4.69, 9.17) is 0 Å². The highest BCUT2D eigenvalue weighted by Crippen LogP contribution is 2.45. The van der Waals surface area contributed by atoms with Crippen molar-refractivity contribution in [1.29, 1.82) is 0 Å². The van der Waals surface area contributed by atoms with Gasteiger partial charge in [0, 0.05) is 29.1 Å². The van der Waals surface area contributed by atoms with Gasteiger partial charge < -0.3 is 15.5 Å². The summed E-state index contributed by atoms with van der Waals surface area (Å²) in [5.74, 6) is 0.157. The molecule has 28 heavy (non-hydrogen) atoms. The van der Waals surface area contributed by atoms with Crippen LogP contribution in [0.15, 0.2) is 53.0 Å². The van der Waals surface area contributed by atoms with Crippen molar-refractivity contribution in [3.63, 3.8) is 0 Å². The van der Waals surface area contributed by atoms with Crippen LogP contribution in [0.5, 0.6) is 0 Å². The predicted octanol–water partition coefficient (Wildman–Crippen LogP) is 4.25. The van der Waals surface area contributed by atoms with E-state index in [9.17, 15) is 9.59 Å². The molecule has 2 aromatic rings. The Balaban J connectivity index is 1.84. The fourth-order valence-corrected chi connectivity index (χ4v) is 4.84. The first-order valence-corrected chi connectivity index (χ1v) is 10.8. The van der Waals surface area contributed by atoms with E-state index < -0.39 is 0 Å². The lowest BCUT2D eigenvalue weighted by atomic mass is 9.88. The second-order valence-electron chi connectivity index (χ2n) is 7.21. The number of anilines is 2. The van der Waals surface area contributed by atoms with Gasteiger partial charge in [0.25, 0.3) is 0 Å². The Labute approximate surface area is 169 Å². The number of carbonyl (C=O) groups excluding carboxylic acids is 2. The zero-order chi connectivity index (χ0) is 19.5. The summed E-state index contributed by atoms with van der Waals surface area (Å²) in [6.45, 7) is 2.91. The Morgan fingerprint density at radius 1 is 1.25 bits per heavy atom. The summed E-state index contributed by atoms with van der Waals surface area (Å²) >= 11 is 1.63. The van der Waals surface area contributed by atoms with E-state index in [2.05, 4.69) is 21.6 Å². The minimum atomic E-state index is -0.244. The highest BCUT2D eigenvalue weighted by Gasteiger charge is 2.37. The molecule has 1 aliphatic heterocycles. The van der Waals surface area contributed by atoms with Gasteiger partial charge in [-0.3, -0.25) is 9.59 Å². The third-order valence-electron chi connectivity index (χ3n) is 5.24. The number of nitrogens with one attached hydrogen (secondary N) is 2. The molecule has 0 radical (unpaired) electrons. The topological polar surface area (TPSA) is 61.4 Å². The van der Waals surface area contributed by atoms with Gasteiger partial charge in [0.05, 0.1) is 24.0 Å². The van der Waals surface area contributed by atoms with Crippen LogP contribution in [0.3, 0.4) is 0 Å². The molecule has 1 amide bonds. The standard InChI is InChI=1S/C22H25N3O2S/c1-2-12-23-20(27)14-25-17-9-4-3-7-15(17)24-16-8-5-10-18(26)21(16)22(25)19-11-6-13-28-19/h3-4,6-7,9,11,13,22,24H,2,5,8,10,12,14H2,1H3,(H,23,27)/t22-/m0/s1. The second kappa shape index (κ2) is 8.19. The van der Waals surface area contributed by atoms with Crippen molar-refractivity contribution in [3.8, 4) is 0 Å². The molecule has 0 spiro atoms. The number of carbonyl (C=O) groups is 2. The Morgan fingerprint density at radius 2 is 2.11 bits per heavy atom. The van der Waals surface area contributed by atoms with Crippen LogP contribution < -0.4 is 15.5 Å². The maximum Gasteiger partial charge on any atom is 0.239 e. The lowest BCUT2D eigenvalue weighted by molar-refractivity contribution is -0.120. The van der Waals surface area contributed by atoms with Crippen molar-refractivity contribution in [2.75, 3.05) is 23.3 Å². The summed E-state index contributed by atoms with van der Waals surface area (Å²) in [6, 6.07) is 11.8. The molecule has 0 bridgehead atoms. The zero-order valence-corrected chi connectivity index (χ0v) is 16.8. The first kappa shape index (κ1) is 18.7. The summed E-state index contributed by atoms with van der Waals surface area (Å²) < 4.78 is 0. The normalized spacial score (nSPS) is 18.8. The molecular weight excluding hydrogens is 370 g/mol. The number of fused-ring (bicyclic) bond motifs is 1. The molecule has 1 atom stereocenters. The number of benzene rings is 1. The summed E-state index contributed by atoms with van der Waals surface area (Å²) in [5.41, 5.74) is 3.72. The van der Waals surface area contributed by atoms with Gasteiger partial charge in [-0.05, 0) is 42.8 Å². The number of thiophene rings is 1. The molecule has 1 aromatic heterocycles. The molecule has 0 fully saturated rings. The number of nitrogens with zero attached hydrogens (tertiary/aromatic N) is 1. The first-order chi connectivity index (χ1) is 13.7. The average molecular weight is 396 g/mol. The maximum absolute atomic E-state index is 13.0. The first-order valence-electron chi connectivity index (χ1n) is 9.88. The van der Waals surface area contributed by atoms with Crippen LogP contribution in [0.2, 0.25) is 0 Å². The molecule has 146 valence electrons. The molecule has 2 heterocycles. The van der Waals surface area contributed by atoms with Crippen LogP contribution in [-0.2, 0) is 9.59 Å². The second-order valence-corrected chi connectivity index (χ2v) is 8.19. The van der Waals surface area contributed by atoms with Crippen molar-refractivity contribution >= 4 is 34.4 Å². The maximum atomic E-state index is 13.0. The van der Waals surface area contributed by atoms with Crippen LogP contribution in [0.4, 0.5) is 11.4 Å². The van der Waals surface area contributed by atoms with Gasteiger partial charge in [-0.25, -0.2) is 0 Å². The van der Waals surface area contributed by atoms with E-state index in [0.717, 1.165) is 46.8 Å². The molecule has 4 rings (SSSR count). The molecule has 0 saturated carbocycles. The molecule has 1 aromatic carbocycles. The van der Waals surface area contributed by atoms with Gasteiger partial charge >= 0.3 is 0 Å². The van der Waals surface area contributed by atoms with Gasteiger partial charge in [0.1, 0.15) is 0 Å². The highest BCUT2D eigenvalue weighted by atomic mass is 32.1. The van der Waals surface area contributed by atoms with Crippen LogP contribution in [0, 0.1) is 0 Å². The zero-order valence-electron chi connectivity index (χ0n) is 16.0. The smallest absolute Gasteiger partial charge is 0.239 e. The molecule has 0 saturated heterocycles. The van der Waals surface area contributed by atoms with E-state index in [0.29, 0.717) is 13.0 Å². The molecular formula is C22H25N3O2S. The summed E-state index contributed by atoms with van der Waals surface area (Å²) in [4.78, 5) is 28.9. The summed E-state index contributed by atoms with van der Waals surface area (Å²) in [7, 11) is 0. The molecule has 5 nitrogen and oxygen atoms in total. The number of hydrogen-bond donors (Lipinski definition) is 2. The van der Waals surface area contributed by atoms with Gasteiger partial charge in [0.15, 0.2) is 5.78 Å². The SMILES string of the molecule is CCCNC(=O)CN1c2ccccc2NC2=C(C(=O)CCC2)[C@@H]1c1cccs1. The number of ketones is 1. The third-order valence-corrected chi connectivity index (χ3v) is 6.16. The quantitative estimate of drug-likeness (QED) is 0.794. The van der Waals surface area contributed by atoms with Crippen LogP contribution >= 0.6 is 11.3 Å². The van der Waals surface area contributed by atoms with Crippen molar-refractivity contribution in [2.24, 2.45) is 0 Å². The number of Topliss-reactive ketones (excluding diaryl/α,β-unsaturated/α-hetero) is 1. The minimum Gasteiger partial charge on any atom is -0.357 e. The Kier molecular flexibility index (Phi) is 5.48. The summed E-state index contributed by atoms with van der Waals surface area (Å²) in [5, 5.41) is 8.53. The van der Waals surface area contributed by atoms with E-state index >= 15 is 0 Å². The average Bonchev–Trinajstić information content (AvgIpc) is 3.18. The summed E-state index contributed by atoms with van der Waals surface area (Å²) in [6.07, 6.45) is 3.18. The molecule has 6 heteroatoms. The predicted molar refractivity (Wildman–Crippen MR) is 114 cm³/mol. The Morgan fingerprint density at radius 3 is 2.89 bits per heavy atom. The van der Waals surface area contributed by atoms with Gasteiger partial charge in [-0.1, -0.05) is 25.1 Å². The van der Waals surface area contributed by atoms with Crippen molar-refractivity contribution < 1.29 is 9.59 Å². The highest BCUT2D eigenvalue weighted by molar-refractivity contribution is 7.10. The van der Waals surface area contributed by atoms with Gasteiger partial charge in [-0.15, -0.1) is 11.3 Å². The Hall–Kier alpha value is -2.60. The van der Waals surface area contributed by atoms with Gasteiger partial charge in [0.2, 0.25) is 5.91 Å². The van der Waals surface area contributed by atoms with E-state index in [1.165, 1.54) is 0 Å². The van der Waals surface area contributed by atoms with Crippen LogP contribution in [-0.4, -0.2) is 24.8 Å². The van der Waals surface area contributed by atoms with E-state index in [-0.39, 0.29) is 24.3 Å². The van der Waals surface area contributed by atoms with Crippen LogP contribution in [0.1, 0.15) is 43.5 Å². The minimum absolute atomic E-state index is 0.0227. The number of hydrogen-bond acceptors (Lipinski definition) is 5. The molecule has 1 aliphatic carbocycles. The van der Waals surface area contributed by atoms with Crippen LogP contribution in [0.25, 0.3) is 0 Å². The third kappa shape index (κ3) is 3.56. The van der Waals surface area contributed by atoms with Crippen molar-refractivity contribution in [3.05, 3.63) is 57.9 Å². The fraction of sp³-hybridized carbons (Fsp3) is 0.364. The lowest BCUT2D eigenvalue weighted by Gasteiger charge is -2.34. The van der Waals surface area contributed by atoms with E-state index in [1.54, 1.807) is 11.3 Å². The Bertz CT molecular complexity index is 904. The molecule has 2 N–H and O–H groups in total. The number of allylic oxidation sites excluding steroid dienone is 1. The van der Waals surface area contributed by atoms with Crippen molar-refractivity contribution in [2.45, 2.75) is 38.6 Å². The lowest BCUT2D eigenvalue weighted by Crippen LogP contribution is -2.41. The monoisotopic (exact) mass is 395 g/mol. The number of rotatable bonds is 5. The number of para-hydroxylation sites is 2. The largest absolute Gasteiger partial charge is 0.357 e. The number of amides is 1. The van der Waals surface area contributed by atoms with Gasteiger partial charge in [-0.2, -0.15) is 0 Å². The molecule has 2 aliphatic rings. The molecule has 0 unspecified atom stereocenters. The van der Waals surface area contributed by atoms with Crippen molar-refractivity contribution in [1.82, 2.24) is 5.32 Å². The van der Waals surface area contributed by atoms with E-state index in [1.807, 2.05) is 42.6 Å².